The Hall–Kier alpha value is 0.590. The molecule has 0 atom stereocenters. The van der Waals surface area contributed by atoms with Crippen LogP contribution < -0.4 is 0 Å². The van der Waals surface area contributed by atoms with Gasteiger partial charge in [0.15, 0.2) is 0 Å². The summed E-state index contributed by atoms with van der Waals surface area (Å²) in [6, 6.07) is 0. The highest BCUT2D eigenvalue weighted by molar-refractivity contribution is 8.00. The Labute approximate surface area is 96.7 Å². The van der Waals surface area contributed by atoms with Crippen molar-refractivity contribution >= 4 is 33.2 Å². The van der Waals surface area contributed by atoms with Crippen molar-refractivity contribution in [3.05, 3.63) is 0 Å². The van der Waals surface area contributed by atoms with E-state index in [-0.39, 0.29) is 0 Å². The molecule has 0 saturated carbocycles. The van der Waals surface area contributed by atoms with Crippen LogP contribution in [-0.4, -0.2) is 37.8 Å². The van der Waals surface area contributed by atoms with Gasteiger partial charge in [0.05, 0.1) is 5.75 Å². The topological polar surface area (TPSA) is 34.1 Å². The van der Waals surface area contributed by atoms with Gasteiger partial charge in [0.2, 0.25) is 0 Å². The molecule has 0 radical (unpaired) electrons. The van der Waals surface area contributed by atoms with Crippen LogP contribution in [-0.2, 0) is 9.84 Å². The highest BCUT2D eigenvalue weighted by Gasteiger charge is 2.00. The van der Waals surface area contributed by atoms with E-state index in [0.717, 1.165) is 23.8 Å². The smallest absolute Gasteiger partial charge is 0.148 e. The molecule has 0 aromatic carbocycles. The summed E-state index contributed by atoms with van der Waals surface area (Å²) in [6.07, 6.45) is 5.95. The Morgan fingerprint density at radius 1 is 1.07 bits per heavy atom. The van der Waals surface area contributed by atoms with Crippen molar-refractivity contribution < 1.29 is 8.42 Å². The standard InChI is InChI=1S/C9H19ClO2S2/c1-14(11,12)9-8-13-7-5-3-2-4-6-10/h2-9H2,1H3. The van der Waals surface area contributed by atoms with E-state index < -0.39 is 9.84 Å². The summed E-state index contributed by atoms with van der Waals surface area (Å²) in [6.45, 7) is 0. The molecule has 0 aromatic rings. The Bertz CT molecular complexity index is 215. The maximum atomic E-state index is 10.8. The second-order valence-electron chi connectivity index (χ2n) is 3.35. The van der Waals surface area contributed by atoms with Crippen molar-refractivity contribution in [1.82, 2.24) is 0 Å². The lowest BCUT2D eigenvalue weighted by Gasteiger charge is -2.00. The molecule has 0 aliphatic carbocycles. The summed E-state index contributed by atoms with van der Waals surface area (Å²) in [5.74, 6) is 2.85. The average Bonchev–Trinajstić information content (AvgIpc) is 2.08. The molecule has 86 valence electrons. The zero-order valence-corrected chi connectivity index (χ0v) is 11.1. The van der Waals surface area contributed by atoms with Crippen LogP contribution in [0.2, 0.25) is 0 Å². The first-order valence-electron chi connectivity index (χ1n) is 4.87. The van der Waals surface area contributed by atoms with Gasteiger partial charge in [0.25, 0.3) is 0 Å². The van der Waals surface area contributed by atoms with Gasteiger partial charge in [-0.05, 0) is 18.6 Å². The summed E-state index contributed by atoms with van der Waals surface area (Å²) < 4.78 is 21.6. The number of sulfone groups is 1. The van der Waals surface area contributed by atoms with Gasteiger partial charge in [-0.15, -0.1) is 11.6 Å². The minimum Gasteiger partial charge on any atom is -0.229 e. The second-order valence-corrected chi connectivity index (χ2v) is 7.21. The fraction of sp³-hybridized carbons (Fsp3) is 1.00. The first-order chi connectivity index (χ1) is 6.56. The van der Waals surface area contributed by atoms with Crippen molar-refractivity contribution in [3.8, 4) is 0 Å². The van der Waals surface area contributed by atoms with Crippen LogP contribution in [0, 0.1) is 0 Å². The van der Waals surface area contributed by atoms with Crippen molar-refractivity contribution in [3.63, 3.8) is 0 Å². The van der Waals surface area contributed by atoms with Gasteiger partial charge in [-0.3, -0.25) is 0 Å². The zero-order chi connectivity index (χ0) is 10.9. The fourth-order valence-electron chi connectivity index (χ4n) is 0.965. The lowest BCUT2D eigenvalue weighted by Crippen LogP contribution is -2.05. The molecule has 0 spiro atoms. The van der Waals surface area contributed by atoms with Crippen molar-refractivity contribution in [2.75, 3.05) is 29.4 Å². The molecular weight excluding hydrogens is 240 g/mol. The first kappa shape index (κ1) is 14.6. The molecule has 0 amide bonds. The lowest BCUT2D eigenvalue weighted by molar-refractivity contribution is 0.603. The number of unbranched alkanes of at least 4 members (excludes halogenated alkanes) is 3. The molecule has 0 rings (SSSR count). The van der Waals surface area contributed by atoms with Gasteiger partial charge in [-0.25, -0.2) is 8.42 Å². The van der Waals surface area contributed by atoms with Gasteiger partial charge >= 0.3 is 0 Å². The number of hydrogen-bond donors (Lipinski definition) is 0. The van der Waals surface area contributed by atoms with E-state index in [9.17, 15) is 8.42 Å². The first-order valence-corrected chi connectivity index (χ1v) is 8.62. The van der Waals surface area contributed by atoms with E-state index in [0.29, 0.717) is 5.75 Å². The molecule has 0 aliphatic heterocycles. The molecule has 0 bridgehead atoms. The third-order valence-corrected chi connectivity index (χ3v) is 4.31. The van der Waals surface area contributed by atoms with E-state index in [1.807, 2.05) is 0 Å². The Morgan fingerprint density at radius 3 is 2.29 bits per heavy atom. The molecule has 14 heavy (non-hydrogen) atoms. The Kier molecular flexibility index (Phi) is 9.24. The van der Waals surface area contributed by atoms with E-state index >= 15 is 0 Å². The highest BCUT2D eigenvalue weighted by Crippen LogP contribution is 2.08. The summed E-state index contributed by atoms with van der Waals surface area (Å²) in [5, 5.41) is 0. The van der Waals surface area contributed by atoms with E-state index in [2.05, 4.69) is 0 Å². The third kappa shape index (κ3) is 12.6. The number of alkyl halides is 1. The average molecular weight is 259 g/mol. The van der Waals surface area contributed by atoms with Crippen molar-refractivity contribution in [1.29, 1.82) is 0 Å². The molecule has 0 saturated heterocycles. The van der Waals surface area contributed by atoms with E-state index in [1.54, 1.807) is 11.8 Å². The summed E-state index contributed by atoms with van der Waals surface area (Å²) in [7, 11) is -2.76. The number of rotatable bonds is 9. The number of thioether (sulfide) groups is 1. The van der Waals surface area contributed by atoms with Gasteiger partial charge in [-0.2, -0.15) is 11.8 Å². The predicted octanol–water partition coefficient (Wildman–Crippen LogP) is 2.56. The predicted molar refractivity (Wildman–Crippen MR) is 66.2 cm³/mol. The molecule has 5 heteroatoms. The minimum absolute atomic E-state index is 0.305. The number of hydrogen-bond acceptors (Lipinski definition) is 3. The fourth-order valence-corrected chi connectivity index (χ4v) is 3.45. The van der Waals surface area contributed by atoms with E-state index in [4.69, 9.17) is 11.6 Å². The number of halogens is 1. The molecule has 0 aliphatic rings. The molecule has 2 nitrogen and oxygen atoms in total. The molecular formula is C9H19ClO2S2. The SMILES string of the molecule is CS(=O)(=O)CCSCCCCCCCl. The van der Waals surface area contributed by atoms with Gasteiger partial charge < -0.3 is 0 Å². The van der Waals surface area contributed by atoms with Gasteiger partial charge in [0, 0.05) is 17.9 Å². The van der Waals surface area contributed by atoms with Crippen molar-refractivity contribution in [2.24, 2.45) is 0 Å². The van der Waals surface area contributed by atoms with Crippen LogP contribution in [0.3, 0.4) is 0 Å². The van der Waals surface area contributed by atoms with Crippen LogP contribution in [0.25, 0.3) is 0 Å². The summed E-state index contributed by atoms with van der Waals surface area (Å²) >= 11 is 7.27. The molecule has 0 fully saturated rings. The van der Waals surface area contributed by atoms with Crippen LogP contribution in [0.15, 0.2) is 0 Å². The second kappa shape index (κ2) is 8.86. The quantitative estimate of drug-likeness (QED) is 0.471. The molecule has 0 aromatic heterocycles. The highest BCUT2D eigenvalue weighted by atomic mass is 35.5. The molecule has 0 unspecified atom stereocenters. The molecule has 0 N–H and O–H groups in total. The Balaban J connectivity index is 3.07. The maximum absolute atomic E-state index is 10.8. The maximum Gasteiger partial charge on any atom is 0.148 e. The monoisotopic (exact) mass is 258 g/mol. The Morgan fingerprint density at radius 2 is 1.71 bits per heavy atom. The third-order valence-electron chi connectivity index (χ3n) is 1.77. The van der Waals surface area contributed by atoms with Crippen LogP contribution in [0.1, 0.15) is 25.7 Å². The van der Waals surface area contributed by atoms with Gasteiger partial charge in [0.1, 0.15) is 9.84 Å². The van der Waals surface area contributed by atoms with Crippen molar-refractivity contribution in [2.45, 2.75) is 25.7 Å². The molecule has 0 heterocycles. The van der Waals surface area contributed by atoms with Gasteiger partial charge in [-0.1, -0.05) is 12.8 Å². The van der Waals surface area contributed by atoms with Crippen LogP contribution >= 0.6 is 23.4 Å². The minimum atomic E-state index is -2.76. The lowest BCUT2D eigenvalue weighted by atomic mass is 10.2. The summed E-state index contributed by atoms with van der Waals surface area (Å²) in [5.41, 5.74) is 0. The normalized spacial score (nSPS) is 11.9. The summed E-state index contributed by atoms with van der Waals surface area (Å²) in [4.78, 5) is 0. The zero-order valence-electron chi connectivity index (χ0n) is 8.67. The van der Waals surface area contributed by atoms with E-state index in [1.165, 1.54) is 25.5 Å². The largest absolute Gasteiger partial charge is 0.229 e. The van der Waals surface area contributed by atoms with Crippen LogP contribution in [0.4, 0.5) is 0 Å². The van der Waals surface area contributed by atoms with Crippen LogP contribution in [0.5, 0.6) is 0 Å².